The van der Waals surface area contributed by atoms with Gasteiger partial charge in [-0.1, -0.05) is 18.2 Å². The second-order valence-electron chi connectivity index (χ2n) is 4.58. The van der Waals surface area contributed by atoms with Crippen molar-refractivity contribution in [3.63, 3.8) is 0 Å². The molecule has 2 aromatic carbocycles. The molecule has 2 aromatic rings. The van der Waals surface area contributed by atoms with Crippen LogP contribution in [0.4, 0.5) is 18.9 Å². The Hall–Kier alpha value is -1.87. The normalized spacial score (nSPS) is 13.6. The lowest BCUT2D eigenvalue weighted by molar-refractivity contribution is -0.137. The minimum absolute atomic E-state index is 0.0609. The van der Waals surface area contributed by atoms with Crippen molar-refractivity contribution >= 4 is 26.5 Å². The summed E-state index contributed by atoms with van der Waals surface area (Å²) in [5.41, 5.74) is -1.00. The minimum atomic E-state index is -4.64. The molecule has 0 aromatic heterocycles. The van der Waals surface area contributed by atoms with E-state index in [-0.39, 0.29) is 10.6 Å². The third kappa shape index (κ3) is 4.11. The van der Waals surface area contributed by atoms with Crippen LogP contribution < -0.4 is 4.72 Å². The highest BCUT2D eigenvalue weighted by molar-refractivity contribution is 7.92. The fourth-order valence-electron chi connectivity index (χ4n) is 1.84. The van der Waals surface area contributed by atoms with Crippen molar-refractivity contribution in [2.24, 2.45) is 0 Å². The highest BCUT2D eigenvalue weighted by Crippen LogP contribution is 2.31. The zero-order chi connectivity index (χ0) is 17.3. The maximum Gasteiger partial charge on any atom is 0.416 e. The Bertz CT molecular complexity index is 848. The first-order valence-electron chi connectivity index (χ1n) is 6.24. The number of hydrogen-bond donors (Lipinski definition) is 1. The molecule has 0 bridgehead atoms. The Morgan fingerprint density at radius 1 is 1.04 bits per heavy atom. The van der Waals surface area contributed by atoms with Gasteiger partial charge < -0.3 is 0 Å². The summed E-state index contributed by atoms with van der Waals surface area (Å²) in [6.45, 7) is 0. The van der Waals surface area contributed by atoms with Gasteiger partial charge in [0.25, 0.3) is 10.0 Å². The smallest absolute Gasteiger partial charge is 0.278 e. The van der Waals surface area contributed by atoms with Gasteiger partial charge in [0, 0.05) is 6.26 Å². The number of para-hydroxylation sites is 1. The molecular formula is C14H12F3NO3S2. The van der Waals surface area contributed by atoms with Crippen molar-refractivity contribution in [2.45, 2.75) is 16.0 Å². The molecule has 0 radical (unpaired) electrons. The summed E-state index contributed by atoms with van der Waals surface area (Å²) in [5, 5.41) is 0. The summed E-state index contributed by atoms with van der Waals surface area (Å²) < 4.78 is 76.4. The summed E-state index contributed by atoms with van der Waals surface area (Å²) in [6.07, 6.45) is -3.27. The van der Waals surface area contributed by atoms with Crippen LogP contribution in [0.5, 0.6) is 0 Å². The number of anilines is 1. The monoisotopic (exact) mass is 363 g/mol. The molecule has 0 saturated heterocycles. The van der Waals surface area contributed by atoms with E-state index in [1.807, 2.05) is 0 Å². The van der Waals surface area contributed by atoms with E-state index < -0.39 is 37.5 Å². The Morgan fingerprint density at radius 2 is 1.70 bits per heavy atom. The zero-order valence-electron chi connectivity index (χ0n) is 11.8. The second-order valence-corrected chi connectivity index (χ2v) is 7.61. The van der Waals surface area contributed by atoms with Crippen molar-refractivity contribution in [1.29, 1.82) is 0 Å². The highest BCUT2D eigenvalue weighted by Gasteiger charge is 2.31. The van der Waals surface area contributed by atoms with Crippen LogP contribution in [0.25, 0.3) is 0 Å². The largest absolute Gasteiger partial charge is 0.416 e. The standard InChI is InChI=1S/C14H12F3NO3S2/c1-22(19)13-8-3-2-7-12(13)18-23(20,21)11-6-4-5-10(9-11)14(15,16)17/h2-9,18H,1H3. The van der Waals surface area contributed by atoms with Gasteiger partial charge in [0.15, 0.2) is 0 Å². The van der Waals surface area contributed by atoms with Crippen molar-refractivity contribution in [1.82, 2.24) is 0 Å². The van der Waals surface area contributed by atoms with E-state index in [4.69, 9.17) is 0 Å². The number of hydrogen-bond acceptors (Lipinski definition) is 3. The third-order valence-electron chi connectivity index (χ3n) is 2.91. The number of benzene rings is 2. The van der Waals surface area contributed by atoms with Crippen molar-refractivity contribution < 1.29 is 25.8 Å². The van der Waals surface area contributed by atoms with Crippen LogP contribution in [0.3, 0.4) is 0 Å². The zero-order valence-corrected chi connectivity index (χ0v) is 13.4. The first kappa shape index (κ1) is 17.5. The van der Waals surface area contributed by atoms with Gasteiger partial charge in [0.1, 0.15) is 0 Å². The molecule has 0 aliphatic carbocycles. The molecule has 2 rings (SSSR count). The Morgan fingerprint density at radius 3 is 2.30 bits per heavy atom. The van der Waals surface area contributed by atoms with Crippen LogP contribution in [0.1, 0.15) is 5.56 Å². The first-order valence-corrected chi connectivity index (χ1v) is 9.28. The molecular weight excluding hydrogens is 351 g/mol. The van der Waals surface area contributed by atoms with Crippen LogP contribution in [0.2, 0.25) is 0 Å². The summed E-state index contributed by atoms with van der Waals surface area (Å²) in [6, 6.07) is 9.38. The molecule has 1 unspecified atom stereocenters. The van der Waals surface area contributed by atoms with Gasteiger partial charge in [0.05, 0.1) is 31.8 Å². The highest BCUT2D eigenvalue weighted by atomic mass is 32.2. The lowest BCUT2D eigenvalue weighted by Crippen LogP contribution is -2.15. The summed E-state index contributed by atoms with van der Waals surface area (Å²) in [4.78, 5) is -0.285. The first-order chi connectivity index (χ1) is 10.6. The van der Waals surface area contributed by atoms with Gasteiger partial charge in [-0.25, -0.2) is 8.42 Å². The predicted octanol–water partition coefficient (Wildman–Crippen LogP) is 3.24. The predicted molar refractivity (Wildman–Crippen MR) is 81.0 cm³/mol. The summed E-state index contributed by atoms with van der Waals surface area (Å²) >= 11 is 0. The Kier molecular flexibility index (Phi) is 4.81. The summed E-state index contributed by atoms with van der Waals surface area (Å²) in [7, 11) is -5.69. The molecule has 0 fully saturated rings. The number of nitrogens with one attached hydrogen (secondary N) is 1. The van der Waals surface area contributed by atoms with Crippen LogP contribution in [-0.4, -0.2) is 18.9 Å². The molecule has 4 nitrogen and oxygen atoms in total. The van der Waals surface area contributed by atoms with Gasteiger partial charge in [-0.2, -0.15) is 13.2 Å². The number of alkyl halides is 3. The van der Waals surface area contributed by atoms with Crippen molar-refractivity contribution in [2.75, 3.05) is 11.0 Å². The van der Waals surface area contributed by atoms with Gasteiger partial charge in [-0.15, -0.1) is 0 Å². The van der Waals surface area contributed by atoms with Crippen LogP contribution in [0.15, 0.2) is 58.3 Å². The lowest BCUT2D eigenvalue weighted by Gasteiger charge is -2.13. The average Bonchev–Trinajstić information content (AvgIpc) is 2.46. The van der Waals surface area contributed by atoms with Crippen molar-refractivity contribution in [3.05, 3.63) is 54.1 Å². The van der Waals surface area contributed by atoms with E-state index in [1.54, 1.807) is 6.07 Å². The Labute approximate surface area is 133 Å². The lowest BCUT2D eigenvalue weighted by atomic mass is 10.2. The maximum absolute atomic E-state index is 12.7. The molecule has 1 atom stereocenters. The second kappa shape index (κ2) is 6.32. The Balaban J connectivity index is 2.43. The molecule has 1 N–H and O–H groups in total. The number of rotatable bonds is 4. The van der Waals surface area contributed by atoms with E-state index in [0.29, 0.717) is 6.07 Å². The van der Waals surface area contributed by atoms with Gasteiger partial charge in [0.2, 0.25) is 0 Å². The molecule has 0 aliphatic rings. The number of halogens is 3. The van der Waals surface area contributed by atoms with Crippen LogP contribution in [-0.2, 0) is 27.0 Å². The van der Waals surface area contributed by atoms with Gasteiger partial charge in [-0.3, -0.25) is 8.93 Å². The molecule has 0 amide bonds. The van der Waals surface area contributed by atoms with E-state index in [0.717, 1.165) is 18.2 Å². The molecule has 124 valence electrons. The SMILES string of the molecule is CS(=O)c1ccccc1NS(=O)(=O)c1cccc(C(F)(F)F)c1. The fraction of sp³-hybridized carbons (Fsp3) is 0.143. The van der Waals surface area contributed by atoms with Crippen LogP contribution in [0, 0.1) is 0 Å². The molecule has 0 saturated carbocycles. The molecule has 0 aliphatic heterocycles. The van der Waals surface area contributed by atoms with Crippen LogP contribution >= 0.6 is 0 Å². The van der Waals surface area contributed by atoms with E-state index in [9.17, 15) is 25.8 Å². The molecule has 0 heterocycles. The molecule has 23 heavy (non-hydrogen) atoms. The summed E-state index contributed by atoms with van der Waals surface area (Å²) in [5.74, 6) is 0. The van der Waals surface area contributed by atoms with Gasteiger partial charge >= 0.3 is 6.18 Å². The topological polar surface area (TPSA) is 63.2 Å². The molecule has 0 spiro atoms. The van der Waals surface area contributed by atoms with Gasteiger partial charge in [-0.05, 0) is 30.3 Å². The minimum Gasteiger partial charge on any atom is -0.278 e. The fourth-order valence-corrected chi connectivity index (χ4v) is 3.73. The van der Waals surface area contributed by atoms with E-state index >= 15 is 0 Å². The maximum atomic E-state index is 12.7. The third-order valence-corrected chi connectivity index (χ3v) is 5.25. The van der Waals surface area contributed by atoms with E-state index in [1.165, 1.54) is 24.5 Å². The number of sulfonamides is 1. The van der Waals surface area contributed by atoms with E-state index in [2.05, 4.69) is 4.72 Å². The average molecular weight is 363 g/mol. The molecule has 9 heteroatoms. The van der Waals surface area contributed by atoms with Crippen molar-refractivity contribution in [3.8, 4) is 0 Å². The quantitative estimate of drug-likeness (QED) is 0.907.